The molecule has 1 aromatic heterocycles. The van der Waals surface area contributed by atoms with Gasteiger partial charge in [-0.2, -0.15) is 4.98 Å². The number of nitrogens with one attached hydrogen (secondary N) is 1. The van der Waals surface area contributed by atoms with Crippen molar-refractivity contribution in [2.45, 2.75) is 44.7 Å². The lowest BCUT2D eigenvalue weighted by atomic mass is 9.95. The van der Waals surface area contributed by atoms with Crippen molar-refractivity contribution in [2.24, 2.45) is 0 Å². The number of fused-ring (bicyclic) bond motifs is 1. The van der Waals surface area contributed by atoms with E-state index in [1.807, 2.05) is 24.0 Å². The van der Waals surface area contributed by atoms with Crippen molar-refractivity contribution in [1.82, 2.24) is 15.4 Å². The predicted molar refractivity (Wildman–Crippen MR) is 115 cm³/mol. The Bertz CT molecular complexity index is 941. The van der Waals surface area contributed by atoms with Crippen LogP contribution in [0.2, 0.25) is 5.02 Å². The molecule has 2 unspecified atom stereocenters. The molecular weight excluding hydrogens is 406 g/mol. The molecule has 2 N–H and O–H groups in total. The molecule has 2 aliphatic heterocycles. The number of ether oxygens (including phenoxy) is 1. The fourth-order valence-corrected chi connectivity index (χ4v) is 4.34. The molecule has 2 aliphatic rings. The normalized spacial score (nSPS) is 21.1. The topological polar surface area (TPSA) is 90.8 Å². The summed E-state index contributed by atoms with van der Waals surface area (Å²) in [6.45, 7) is 3.28. The number of methoxy groups -OCH3 is 1. The zero-order valence-corrected chi connectivity index (χ0v) is 17.9. The number of benzene rings is 1. The molecule has 4 rings (SSSR count). The summed E-state index contributed by atoms with van der Waals surface area (Å²) >= 11 is 6.22. The third kappa shape index (κ3) is 3.95. The van der Waals surface area contributed by atoms with Crippen molar-refractivity contribution in [2.75, 3.05) is 30.2 Å². The number of rotatable bonds is 6. The Morgan fingerprint density at radius 1 is 1.40 bits per heavy atom. The number of carbonyl (C=O) groups excluding carboxylic acids is 1. The molecule has 0 bridgehead atoms. The van der Waals surface area contributed by atoms with Crippen LogP contribution < -0.4 is 20.1 Å². The van der Waals surface area contributed by atoms with Crippen molar-refractivity contribution in [1.29, 1.82) is 0 Å². The molecule has 1 aromatic carbocycles. The summed E-state index contributed by atoms with van der Waals surface area (Å²) in [7, 11) is 1.57. The summed E-state index contributed by atoms with van der Waals surface area (Å²) < 4.78 is 5.19. The van der Waals surface area contributed by atoms with E-state index in [1.54, 1.807) is 19.4 Å². The van der Waals surface area contributed by atoms with Crippen LogP contribution in [0.1, 0.15) is 43.2 Å². The van der Waals surface area contributed by atoms with Gasteiger partial charge in [-0.25, -0.2) is 15.4 Å². The number of anilines is 2. The number of hydrogen-bond acceptors (Lipinski definition) is 7. The molecule has 2 aromatic rings. The average Bonchev–Trinajstić information content (AvgIpc) is 3.22. The number of amides is 1. The van der Waals surface area contributed by atoms with Gasteiger partial charge in [-0.1, -0.05) is 24.6 Å². The SMILES string of the molecule is COc1ccc(CNN2C(=O)CC(C)c3cnc(N4CCCC4CO)nc32)cc1Cl. The molecule has 1 saturated heterocycles. The average molecular weight is 432 g/mol. The Morgan fingerprint density at radius 2 is 2.23 bits per heavy atom. The van der Waals surface area contributed by atoms with Crippen molar-refractivity contribution in [3.63, 3.8) is 0 Å². The highest BCUT2D eigenvalue weighted by atomic mass is 35.5. The summed E-state index contributed by atoms with van der Waals surface area (Å²) in [6, 6.07) is 5.53. The number of carbonyl (C=O) groups is 1. The Kier molecular flexibility index (Phi) is 6.08. The van der Waals surface area contributed by atoms with Crippen LogP contribution in [0.15, 0.2) is 24.4 Å². The molecule has 9 heteroatoms. The lowest BCUT2D eigenvalue weighted by molar-refractivity contribution is -0.120. The Labute approximate surface area is 180 Å². The fourth-order valence-electron chi connectivity index (χ4n) is 4.06. The van der Waals surface area contributed by atoms with Crippen molar-refractivity contribution in [3.05, 3.63) is 40.5 Å². The number of aliphatic hydroxyl groups is 1. The van der Waals surface area contributed by atoms with Gasteiger partial charge in [0.1, 0.15) is 5.75 Å². The lowest BCUT2D eigenvalue weighted by Crippen LogP contribution is -2.47. The van der Waals surface area contributed by atoms with E-state index in [2.05, 4.69) is 10.4 Å². The zero-order chi connectivity index (χ0) is 21.3. The molecule has 1 fully saturated rings. The maximum Gasteiger partial charge on any atom is 0.243 e. The molecule has 2 atom stereocenters. The van der Waals surface area contributed by atoms with E-state index in [1.165, 1.54) is 5.01 Å². The Balaban J connectivity index is 1.60. The van der Waals surface area contributed by atoms with Gasteiger partial charge in [0.2, 0.25) is 11.9 Å². The third-order valence-electron chi connectivity index (χ3n) is 5.76. The number of hydrazine groups is 1. The quantitative estimate of drug-likeness (QED) is 0.726. The summed E-state index contributed by atoms with van der Waals surface area (Å²) in [5.74, 6) is 1.73. The van der Waals surface area contributed by atoms with Crippen LogP contribution in [-0.2, 0) is 11.3 Å². The second kappa shape index (κ2) is 8.75. The number of aliphatic hydroxyl groups excluding tert-OH is 1. The monoisotopic (exact) mass is 431 g/mol. The van der Waals surface area contributed by atoms with Gasteiger partial charge in [0.05, 0.1) is 24.8 Å². The second-order valence-electron chi connectivity index (χ2n) is 7.76. The van der Waals surface area contributed by atoms with Crippen LogP contribution in [-0.4, -0.2) is 47.3 Å². The van der Waals surface area contributed by atoms with E-state index in [-0.39, 0.29) is 24.5 Å². The van der Waals surface area contributed by atoms with Gasteiger partial charge in [0.15, 0.2) is 5.82 Å². The van der Waals surface area contributed by atoms with Crippen LogP contribution in [0.3, 0.4) is 0 Å². The number of halogens is 1. The highest BCUT2D eigenvalue weighted by Gasteiger charge is 2.33. The van der Waals surface area contributed by atoms with E-state index in [0.717, 1.165) is 30.5 Å². The highest BCUT2D eigenvalue weighted by Crippen LogP contribution is 2.35. The lowest BCUT2D eigenvalue weighted by Gasteiger charge is -2.33. The molecule has 160 valence electrons. The molecule has 0 spiro atoms. The van der Waals surface area contributed by atoms with Crippen molar-refractivity contribution >= 4 is 29.3 Å². The first-order valence-electron chi connectivity index (χ1n) is 10.1. The minimum absolute atomic E-state index is 0.0163. The van der Waals surface area contributed by atoms with Gasteiger partial charge >= 0.3 is 0 Å². The van der Waals surface area contributed by atoms with Crippen LogP contribution in [0.4, 0.5) is 11.8 Å². The van der Waals surface area contributed by atoms with Crippen LogP contribution in [0.5, 0.6) is 5.75 Å². The molecule has 30 heavy (non-hydrogen) atoms. The van der Waals surface area contributed by atoms with E-state index >= 15 is 0 Å². The maximum atomic E-state index is 12.8. The molecule has 1 amide bonds. The van der Waals surface area contributed by atoms with Gasteiger partial charge in [-0.05, 0) is 36.5 Å². The van der Waals surface area contributed by atoms with Crippen LogP contribution >= 0.6 is 11.6 Å². The molecule has 3 heterocycles. The summed E-state index contributed by atoms with van der Waals surface area (Å²) in [6.07, 6.45) is 4.09. The Hall–Kier alpha value is -2.42. The van der Waals surface area contributed by atoms with E-state index in [4.69, 9.17) is 21.3 Å². The predicted octanol–water partition coefficient (Wildman–Crippen LogP) is 2.64. The standard InChI is InChI=1S/C21H26ClN5O3/c1-13-8-19(29)27(24-10-14-5-6-18(30-2)17(22)9-14)20-16(13)11-23-21(25-20)26-7-3-4-15(26)12-28/h5-6,9,11,13,15,24,28H,3-4,7-8,10,12H2,1-2H3. The van der Waals surface area contributed by atoms with Gasteiger partial charge in [0.25, 0.3) is 0 Å². The molecule has 0 aliphatic carbocycles. The van der Waals surface area contributed by atoms with E-state index in [9.17, 15) is 9.90 Å². The first-order valence-corrected chi connectivity index (χ1v) is 10.5. The van der Waals surface area contributed by atoms with Gasteiger partial charge in [-0.3, -0.25) is 4.79 Å². The summed E-state index contributed by atoms with van der Waals surface area (Å²) in [5, 5.41) is 11.7. The first-order chi connectivity index (χ1) is 14.5. The molecule has 0 saturated carbocycles. The third-order valence-corrected chi connectivity index (χ3v) is 6.05. The first kappa shape index (κ1) is 20.8. The van der Waals surface area contributed by atoms with Gasteiger partial charge in [0, 0.05) is 31.3 Å². The Morgan fingerprint density at radius 3 is 2.97 bits per heavy atom. The fraction of sp³-hybridized carbons (Fsp3) is 0.476. The maximum absolute atomic E-state index is 12.8. The molecule has 0 radical (unpaired) electrons. The van der Waals surface area contributed by atoms with Crippen LogP contribution in [0.25, 0.3) is 0 Å². The van der Waals surface area contributed by atoms with Crippen molar-refractivity contribution < 1.29 is 14.6 Å². The number of aromatic nitrogens is 2. The smallest absolute Gasteiger partial charge is 0.243 e. The number of nitrogens with zero attached hydrogens (tertiary/aromatic N) is 4. The molecule has 8 nitrogen and oxygen atoms in total. The van der Waals surface area contributed by atoms with Crippen LogP contribution in [0, 0.1) is 0 Å². The van der Waals surface area contributed by atoms with E-state index < -0.39 is 0 Å². The number of hydrogen-bond donors (Lipinski definition) is 2. The summed E-state index contributed by atoms with van der Waals surface area (Å²) in [4.78, 5) is 24.1. The van der Waals surface area contributed by atoms with Gasteiger partial charge in [-0.15, -0.1) is 0 Å². The zero-order valence-electron chi connectivity index (χ0n) is 17.1. The van der Waals surface area contributed by atoms with Crippen molar-refractivity contribution in [3.8, 4) is 5.75 Å². The minimum atomic E-state index is -0.0422. The molecular formula is C21H26ClN5O3. The highest BCUT2D eigenvalue weighted by molar-refractivity contribution is 6.32. The largest absolute Gasteiger partial charge is 0.495 e. The van der Waals surface area contributed by atoms with E-state index in [0.29, 0.717) is 35.5 Å². The van der Waals surface area contributed by atoms with Gasteiger partial charge < -0.3 is 14.7 Å². The second-order valence-corrected chi connectivity index (χ2v) is 8.17. The minimum Gasteiger partial charge on any atom is -0.495 e. The summed E-state index contributed by atoms with van der Waals surface area (Å²) in [5.41, 5.74) is 5.05.